The third-order valence-electron chi connectivity index (χ3n) is 3.63. The first-order valence-corrected chi connectivity index (χ1v) is 8.71. The van der Waals surface area contributed by atoms with Gasteiger partial charge in [0.1, 0.15) is 10.6 Å². The zero-order valence-electron chi connectivity index (χ0n) is 12.6. The Morgan fingerprint density at radius 2 is 1.84 bits per heavy atom. The van der Waals surface area contributed by atoms with Crippen LogP contribution in [0.4, 0.5) is 8.78 Å². The number of aromatic amines is 1. The van der Waals surface area contributed by atoms with Crippen LogP contribution in [0, 0.1) is 11.6 Å². The molecule has 0 aliphatic heterocycles. The quantitative estimate of drug-likeness (QED) is 0.702. The van der Waals surface area contributed by atoms with Gasteiger partial charge in [0.2, 0.25) is 15.3 Å². The van der Waals surface area contributed by atoms with Crippen molar-refractivity contribution < 1.29 is 21.9 Å². The minimum absolute atomic E-state index is 0.0272. The van der Waals surface area contributed by atoms with Crippen LogP contribution < -0.4 is 10.2 Å². The van der Waals surface area contributed by atoms with Crippen LogP contribution in [-0.4, -0.2) is 20.5 Å². The maximum atomic E-state index is 13.4. The summed E-state index contributed by atoms with van der Waals surface area (Å²) in [4.78, 5) is 14.2. The number of hydrogen-bond acceptors (Lipinski definition) is 4. The van der Waals surface area contributed by atoms with E-state index in [4.69, 9.17) is 16.3 Å². The molecule has 9 heteroatoms. The van der Waals surface area contributed by atoms with Crippen LogP contribution in [0.3, 0.4) is 0 Å². The van der Waals surface area contributed by atoms with E-state index in [1.165, 1.54) is 19.2 Å². The van der Waals surface area contributed by atoms with Crippen molar-refractivity contribution in [2.45, 2.75) is 9.79 Å². The molecule has 3 rings (SSSR count). The summed E-state index contributed by atoms with van der Waals surface area (Å²) in [5.74, 6) is -2.23. The number of nitrogens with one attached hydrogen (secondary N) is 1. The smallest absolute Gasteiger partial charge is 0.212 e. The fourth-order valence-corrected chi connectivity index (χ4v) is 3.95. The molecule has 1 aromatic heterocycles. The maximum absolute atomic E-state index is 13.4. The van der Waals surface area contributed by atoms with Crippen LogP contribution in [0.2, 0.25) is 5.02 Å². The number of hydrogen-bond donors (Lipinski definition) is 1. The predicted molar refractivity (Wildman–Crippen MR) is 87.9 cm³/mol. The third-order valence-corrected chi connectivity index (χ3v) is 5.70. The molecule has 1 heterocycles. The maximum Gasteiger partial charge on any atom is 0.212 e. The van der Waals surface area contributed by atoms with E-state index in [0.717, 1.165) is 12.3 Å². The van der Waals surface area contributed by atoms with Gasteiger partial charge in [0, 0.05) is 6.20 Å². The lowest BCUT2D eigenvalue weighted by Gasteiger charge is -2.09. The Labute approximate surface area is 145 Å². The number of methoxy groups -OCH3 is 1. The second-order valence-electron chi connectivity index (χ2n) is 5.06. The molecule has 0 unspecified atom stereocenters. The van der Waals surface area contributed by atoms with Crippen LogP contribution in [-0.2, 0) is 9.84 Å². The molecule has 1 N–H and O–H groups in total. The molecule has 3 aromatic rings. The molecule has 0 spiro atoms. The molecule has 0 fully saturated rings. The summed E-state index contributed by atoms with van der Waals surface area (Å²) >= 11 is 6.03. The Morgan fingerprint density at radius 3 is 2.48 bits per heavy atom. The fourth-order valence-electron chi connectivity index (χ4n) is 2.39. The van der Waals surface area contributed by atoms with Crippen LogP contribution >= 0.6 is 11.6 Å². The summed E-state index contributed by atoms with van der Waals surface area (Å²) in [5.41, 5.74) is -0.647. The van der Waals surface area contributed by atoms with Gasteiger partial charge in [-0.1, -0.05) is 11.6 Å². The number of halogens is 3. The first kappa shape index (κ1) is 17.4. The lowest BCUT2D eigenvalue weighted by molar-refractivity contribution is 0.419. The van der Waals surface area contributed by atoms with Crippen LogP contribution in [0.1, 0.15) is 0 Å². The summed E-state index contributed by atoms with van der Waals surface area (Å²) < 4.78 is 56.8. The number of sulfone groups is 1. The van der Waals surface area contributed by atoms with E-state index in [0.29, 0.717) is 17.9 Å². The Kier molecular flexibility index (Phi) is 4.26. The topological polar surface area (TPSA) is 76.2 Å². The molecule has 0 aliphatic carbocycles. The number of aromatic nitrogens is 1. The van der Waals surface area contributed by atoms with E-state index >= 15 is 0 Å². The number of fused-ring (bicyclic) bond motifs is 1. The van der Waals surface area contributed by atoms with Crippen molar-refractivity contribution in [3.8, 4) is 5.75 Å². The largest absolute Gasteiger partial charge is 0.495 e. The van der Waals surface area contributed by atoms with Gasteiger partial charge in [0.25, 0.3) is 0 Å². The highest BCUT2D eigenvalue weighted by molar-refractivity contribution is 7.91. The highest BCUT2D eigenvalue weighted by Crippen LogP contribution is 2.29. The van der Waals surface area contributed by atoms with Crippen molar-refractivity contribution in [3.63, 3.8) is 0 Å². The van der Waals surface area contributed by atoms with Gasteiger partial charge in [-0.25, -0.2) is 17.2 Å². The standard InChI is InChI=1S/C16H10ClF2NO4S/c1-24-12-5-3-9(17)14-15(12)20-7-13(16(14)21)25(22,23)8-2-4-10(18)11(19)6-8/h2-7H,1H3,(H,20,21). The molecular weight excluding hydrogens is 376 g/mol. The Hall–Kier alpha value is -2.45. The van der Waals surface area contributed by atoms with E-state index in [1.807, 2.05) is 0 Å². The molecule has 25 heavy (non-hydrogen) atoms. The van der Waals surface area contributed by atoms with Gasteiger partial charge >= 0.3 is 0 Å². The molecule has 0 bridgehead atoms. The highest BCUT2D eigenvalue weighted by atomic mass is 35.5. The van der Waals surface area contributed by atoms with Crippen molar-refractivity contribution >= 4 is 32.3 Å². The van der Waals surface area contributed by atoms with Crippen molar-refractivity contribution in [2.24, 2.45) is 0 Å². The molecule has 0 saturated carbocycles. The fraction of sp³-hybridized carbons (Fsp3) is 0.0625. The van der Waals surface area contributed by atoms with Crippen LogP contribution in [0.15, 0.2) is 51.1 Å². The van der Waals surface area contributed by atoms with Gasteiger partial charge < -0.3 is 9.72 Å². The summed E-state index contributed by atoms with van der Waals surface area (Å²) in [6.45, 7) is 0. The van der Waals surface area contributed by atoms with Crippen molar-refractivity contribution in [1.82, 2.24) is 4.98 Å². The zero-order chi connectivity index (χ0) is 18.4. The van der Waals surface area contributed by atoms with Gasteiger partial charge in [-0.15, -0.1) is 0 Å². The summed E-state index contributed by atoms with van der Waals surface area (Å²) in [6, 6.07) is 4.98. The van der Waals surface area contributed by atoms with E-state index in [2.05, 4.69) is 4.98 Å². The summed E-state index contributed by atoms with van der Waals surface area (Å²) in [7, 11) is -3.00. The first-order chi connectivity index (χ1) is 11.8. The normalized spacial score (nSPS) is 11.7. The van der Waals surface area contributed by atoms with E-state index in [1.54, 1.807) is 0 Å². The average Bonchev–Trinajstić information content (AvgIpc) is 2.57. The molecule has 130 valence electrons. The predicted octanol–water partition coefficient (Wildman–Crippen LogP) is 3.30. The Bertz CT molecular complexity index is 1160. The molecule has 0 atom stereocenters. The van der Waals surface area contributed by atoms with Crippen molar-refractivity contribution in [2.75, 3.05) is 7.11 Å². The molecule has 0 saturated heterocycles. The van der Waals surface area contributed by atoms with Gasteiger partial charge in [-0.2, -0.15) is 0 Å². The first-order valence-electron chi connectivity index (χ1n) is 6.85. The van der Waals surface area contributed by atoms with Gasteiger partial charge in [-0.3, -0.25) is 4.79 Å². The number of pyridine rings is 1. The minimum atomic E-state index is -4.39. The molecule has 0 amide bonds. The average molecular weight is 386 g/mol. The lowest BCUT2D eigenvalue weighted by atomic mass is 10.2. The van der Waals surface area contributed by atoms with Gasteiger partial charge in [0.05, 0.1) is 27.9 Å². The van der Waals surface area contributed by atoms with E-state index in [9.17, 15) is 22.0 Å². The van der Waals surface area contributed by atoms with Crippen LogP contribution in [0.25, 0.3) is 10.9 Å². The monoisotopic (exact) mass is 385 g/mol. The number of benzene rings is 2. The summed E-state index contributed by atoms with van der Waals surface area (Å²) in [6.07, 6.45) is 0.972. The second-order valence-corrected chi connectivity index (χ2v) is 7.39. The van der Waals surface area contributed by atoms with E-state index in [-0.39, 0.29) is 15.9 Å². The molecule has 5 nitrogen and oxygen atoms in total. The Morgan fingerprint density at radius 1 is 1.12 bits per heavy atom. The third kappa shape index (κ3) is 2.77. The van der Waals surface area contributed by atoms with E-state index < -0.39 is 36.7 Å². The van der Waals surface area contributed by atoms with Gasteiger partial charge in [-0.05, 0) is 30.3 Å². The molecule has 0 aliphatic rings. The zero-order valence-corrected chi connectivity index (χ0v) is 14.2. The van der Waals surface area contributed by atoms with Gasteiger partial charge in [0.15, 0.2) is 11.6 Å². The Balaban J connectivity index is 2.32. The van der Waals surface area contributed by atoms with Crippen molar-refractivity contribution in [1.29, 1.82) is 0 Å². The lowest BCUT2D eigenvalue weighted by Crippen LogP contribution is -2.17. The number of H-pyrrole nitrogens is 1. The van der Waals surface area contributed by atoms with Crippen molar-refractivity contribution in [3.05, 3.63) is 63.4 Å². The highest BCUT2D eigenvalue weighted by Gasteiger charge is 2.25. The number of rotatable bonds is 3. The number of ether oxygens (including phenoxy) is 1. The summed E-state index contributed by atoms with van der Waals surface area (Å²) in [5, 5.41) is -0.0518. The second kappa shape index (κ2) is 6.12. The minimum Gasteiger partial charge on any atom is -0.495 e. The molecular formula is C16H10ClF2NO4S. The molecule has 0 radical (unpaired) electrons. The molecule has 2 aromatic carbocycles. The SMILES string of the molecule is COc1ccc(Cl)c2c(=O)c(S(=O)(=O)c3ccc(F)c(F)c3)c[nH]c12. The van der Waals surface area contributed by atoms with Crippen LogP contribution in [0.5, 0.6) is 5.75 Å².